The minimum absolute atomic E-state index is 0.0526. The second-order valence-electron chi connectivity index (χ2n) is 10.4. The highest BCUT2D eigenvalue weighted by atomic mass is 19.3. The Kier molecular flexibility index (Phi) is 5.82. The standard InChI is InChI=1S/C26H33F2N5O/c1-24(27,28)22-30-15-21(16-31-22)32-18-25(33(23(32)34)17-19-7-6-8-19)11-13-26(29-2,14-12-25)20-9-4-3-5-10-20/h3-5,9-10,15-16,19,29H,6-8,11-14,17-18H2,1-2H3. The summed E-state index contributed by atoms with van der Waals surface area (Å²) in [6.45, 7) is 2.08. The summed E-state index contributed by atoms with van der Waals surface area (Å²) in [6.07, 6.45) is 9.88. The Labute approximate surface area is 199 Å². The molecule has 3 fully saturated rings. The van der Waals surface area contributed by atoms with Crippen LogP contribution >= 0.6 is 0 Å². The maximum atomic E-state index is 13.7. The van der Waals surface area contributed by atoms with Crippen LogP contribution in [0.3, 0.4) is 0 Å². The van der Waals surface area contributed by atoms with E-state index in [-0.39, 0.29) is 17.1 Å². The third kappa shape index (κ3) is 3.96. The van der Waals surface area contributed by atoms with E-state index >= 15 is 0 Å². The first-order valence-electron chi connectivity index (χ1n) is 12.3. The van der Waals surface area contributed by atoms with Crippen molar-refractivity contribution in [3.8, 4) is 0 Å². The highest BCUT2D eigenvalue weighted by Crippen LogP contribution is 2.48. The van der Waals surface area contributed by atoms with Crippen LogP contribution in [0.25, 0.3) is 0 Å². The van der Waals surface area contributed by atoms with E-state index in [4.69, 9.17) is 0 Å². The van der Waals surface area contributed by atoms with Gasteiger partial charge in [-0.2, -0.15) is 8.78 Å². The van der Waals surface area contributed by atoms with Gasteiger partial charge in [0.05, 0.1) is 30.2 Å². The molecule has 0 radical (unpaired) electrons. The van der Waals surface area contributed by atoms with Gasteiger partial charge >= 0.3 is 12.0 Å². The molecule has 2 saturated carbocycles. The van der Waals surface area contributed by atoms with Crippen molar-refractivity contribution in [3.05, 3.63) is 54.1 Å². The van der Waals surface area contributed by atoms with Gasteiger partial charge in [-0.15, -0.1) is 0 Å². The topological polar surface area (TPSA) is 61.4 Å². The van der Waals surface area contributed by atoms with Crippen molar-refractivity contribution in [2.75, 3.05) is 25.0 Å². The number of carbonyl (C=O) groups excluding carboxylic acids is 1. The fraction of sp³-hybridized carbons (Fsp3) is 0.577. The van der Waals surface area contributed by atoms with Crippen molar-refractivity contribution in [3.63, 3.8) is 0 Å². The summed E-state index contributed by atoms with van der Waals surface area (Å²) in [6, 6.07) is 10.5. The molecule has 1 aliphatic heterocycles. The molecule has 2 heterocycles. The lowest BCUT2D eigenvalue weighted by molar-refractivity contribution is 0.00770. The second-order valence-corrected chi connectivity index (χ2v) is 10.4. The highest BCUT2D eigenvalue weighted by Gasteiger charge is 2.54. The molecular weight excluding hydrogens is 436 g/mol. The molecule has 34 heavy (non-hydrogen) atoms. The van der Waals surface area contributed by atoms with Gasteiger partial charge in [-0.3, -0.25) is 4.90 Å². The van der Waals surface area contributed by atoms with Gasteiger partial charge in [0.25, 0.3) is 0 Å². The summed E-state index contributed by atoms with van der Waals surface area (Å²) in [5.74, 6) is -3.09. The lowest BCUT2D eigenvalue weighted by Crippen LogP contribution is -2.56. The van der Waals surface area contributed by atoms with Crippen molar-refractivity contribution in [1.29, 1.82) is 0 Å². The Balaban J connectivity index is 1.42. The molecule has 3 aliphatic rings. The Morgan fingerprint density at radius 1 is 1.09 bits per heavy atom. The maximum Gasteiger partial charge on any atom is 0.325 e. The van der Waals surface area contributed by atoms with E-state index in [1.165, 1.54) is 24.4 Å². The van der Waals surface area contributed by atoms with Crippen LogP contribution in [0.2, 0.25) is 0 Å². The molecule has 0 atom stereocenters. The maximum absolute atomic E-state index is 13.7. The number of rotatable bonds is 6. The van der Waals surface area contributed by atoms with Crippen LogP contribution in [-0.4, -0.2) is 46.6 Å². The first kappa shape index (κ1) is 23.1. The predicted octanol–water partition coefficient (Wildman–Crippen LogP) is 5.06. The number of hydrogen-bond donors (Lipinski definition) is 1. The molecule has 1 spiro atoms. The van der Waals surface area contributed by atoms with Crippen LogP contribution in [0.5, 0.6) is 0 Å². The van der Waals surface area contributed by atoms with Gasteiger partial charge in [0.2, 0.25) is 0 Å². The number of nitrogens with one attached hydrogen (secondary N) is 1. The highest BCUT2D eigenvalue weighted by molar-refractivity contribution is 5.95. The molecule has 1 saturated heterocycles. The van der Waals surface area contributed by atoms with E-state index in [0.717, 1.165) is 52.0 Å². The van der Waals surface area contributed by atoms with E-state index in [2.05, 4.69) is 44.5 Å². The number of nitrogens with zero attached hydrogens (tertiary/aromatic N) is 4. The molecule has 8 heteroatoms. The van der Waals surface area contributed by atoms with Gasteiger partial charge in [0.1, 0.15) is 0 Å². The monoisotopic (exact) mass is 469 g/mol. The Bertz CT molecular complexity index is 1010. The van der Waals surface area contributed by atoms with E-state index in [9.17, 15) is 13.6 Å². The van der Waals surface area contributed by atoms with Crippen molar-refractivity contribution >= 4 is 11.7 Å². The third-order valence-electron chi connectivity index (χ3n) is 8.33. The number of alkyl halides is 2. The molecule has 2 aliphatic carbocycles. The molecule has 1 aromatic carbocycles. The normalized spacial score (nSPS) is 27.9. The van der Waals surface area contributed by atoms with Gasteiger partial charge in [-0.1, -0.05) is 36.8 Å². The molecule has 6 nitrogen and oxygen atoms in total. The average Bonchev–Trinajstić information content (AvgIpc) is 3.08. The van der Waals surface area contributed by atoms with Crippen molar-refractivity contribution in [2.24, 2.45) is 5.92 Å². The van der Waals surface area contributed by atoms with Gasteiger partial charge in [0.15, 0.2) is 5.82 Å². The van der Waals surface area contributed by atoms with Crippen LogP contribution in [0, 0.1) is 5.92 Å². The van der Waals surface area contributed by atoms with Crippen LogP contribution in [0.4, 0.5) is 19.3 Å². The Hall–Kier alpha value is -2.61. The summed E-state index contributed by atoms with van der Waals surface area (Å²) in [5.41, 5.74) is 1.39. The number of halogens is 2. The summed E-state index contributed by atoms with van der Waals surface area (Å²) in [5, 5.41) is 3.58. The SMILES string of the molecule is CNC1(c2ccccc2)CCC2(CC1)CN(c1cnc(C(C)(F)F)nc1)C(=O)N2CC1CCC1. The lowest BCUT2D eigenvalue weighted by Gasteiger charge is -2.49. The summed E-state index contributed by atoms with van der Waals surface area (Å²) >= 11 is 0. The van der Waals surface area contributed by atoms with Gasteiger partial charge in [0, 0.05) is 19.0 Å². The molecule has 2 amide bonds. The lowest BCUT2D eigenvalue weighted by atomic mass is 9.68. The van der Waals surface area contributed by atoms with E-state index in [0.29, 0.717) is 18.2 Å². The van der Waals surface area contributed by atoms with Crippen LogP contribution in [-0.2, 0) is 11.5 Å². The minimum atomic E-state index is -3.11. The van der Waals surface area contributed by atoms with Crippen molar-refractivity contribution in [1.82, 2.24) is 20.2 Å². The number of hydrogen-bond acceptors (Lipinski definition) is 4. The number of benzene rings is 1. The average molecular weight is 470 g/mol. The summed E-state index contributed by atoms with van der Waals surface area (Å²) in [7, 11) is 2.02. The van der Waals surface area contributed by atoms with E-state index < -0.39 is 11.7 Å². The van der Waals surface area contributed by atoms with E-state index in [1.54, 1.807) is 4.90 Å². The number of amides is 2. The smallest absolute Gasteiger partial charge is 0.317 e. The molecular formula is C26H33F2N5O. The summed E-state index contributed by atoms with van der Waals surface area (Å²) < 4.78 is 27.2. The van der Waals surface area contributed by atoms with Crippen LogP contribution in [0.15, 0.2) is 42.7 Å². The summed E-state index contributed by atoms with van der Waals surface area (Å²) in [4.78, 5) is 25.2. The second kappa shape index (κ2) is 8.56. The molecule has 2 aromatic rings. The van der Waals surface area contributed by atoms with Crippen LogP contribution in [0.1, 0.15) is 63.3 Å². The fourth-order valence-corrected chi connectivity index (χ4v) is 5.90. The van der Waals surface area contributed by atoms with Crippen LogP contribution < -0.4 is 10.2 Å². The first-order chi connectivity index (χ1) is 16.3. The van der Waals surface area contributed by atoms with Gasteiger partial charge in [-0.25, -0.2) is 14.8 Å². The quantitative estimate of drug-likeness (QED) is 0.643. The zero-order valence-corrected chi connectivity index (χ0v) is 19.9. The predicted molar refractivity (Wildman–Crippen MR) is 127 cm³/mol. The molecule has 182 valence electrons. The number of carbonyl (C=O) groups is 1. The number of aromatic nitrogens is 2. The molecule has 0 unspecified atom stereocenters. The number of urea groups is 1. The van der Waals surface area contributed by atoms with Crippen molar-refractivity contribution in [2.45, 2.75) is 68.9 Å². The van der Waals surface area contributed by atoms with Gasteiger partial charge in [-0.05, 0) is 57.1 Å². The molecule has 0 bridgehead atoms. The van der Waals surface area contributed by atoms with E-state index in [1.807, 2.05) is 13.1 Å². The largest absolute Gasteiger partial charge is 0.325 e. The zero-order valence-electron chi connectivity index (χ0n) is 19.9. The van der Waals surface area contributed by atoms with Gasteiger partial charge < -0.3 is 10.2 Å². The zero-order chi connectivity index (χ0) is 24.0. The minimum Gasteiger partial charge on any atom is -0.317 e. The third-order valence-corrected chi connectivity index (χ3v) is 8.33. The molecule has 5 rings (SSSR count). The Morgan fingerprint density at radius 2 is 1.74 bits per heavy atom. The molecule has 1 N–H and O–H groups in total. The fourth-order valence-electron chi connectivity index (χ4n) is 5.90. The Morgan fingerprint density at radius 3 is 2.26 bits per heavy atom. The van der Waals surface area contributed by atoms with Crippen molar-refractivity contribution < 1.29 is 13.6 Å². The molecule has 1 aromatic heterocycles. The number of anilines is 1. The first-order valence-corrected chi connectivity index (χ1v) is 12.3.